The van der Waals surface area contributed by atoms with Gasteiger partial charge in [-0.1, -0.05) is 33.1 Å². The van der Waals surface area contributed by atoms with E-state index >= 15 is 0 Å². The van der Waals surface area contributed by atoms with Crippen molar-refractivity contribution in [2.24, 2.45) is 0 Å². The van der Waals surface area contributed by atoms with Gasteiger partial charge in [0.1, 0.15) is 6.10 Å². The zero-order valence-electron chi connectivity index (χ0n) is 13.0. The third kappa shape index (κ3) is 5.84. The fourth-order valence-electron chi connectivity index (χ4n) is 2.72. The van der Waals surface area contributed by atoms with Crippen molar-refractivity contribution in [3.8, 4) is 0 Å². The van der Waals surface area contributed by atoms with E-state index in [0.29, 0.717) is 6.04 Å². The molecule has 2 unspecified atom stereocenters. The van der Waals surface area contributed by atoms with Crippen LogP contribution >= 0.6 is 0 Å². The number of carbonyl (C=O) groups is 1. The maximum absolute atomic E-state index is 12.2. The lowest BCUT2D eigenvalue weighted by molar-refractivity contribution is 0.0391. The summed E-state index contributed by atoms with van der Waals surface area (Å²) in [7, 11) is 0. The highest BCUT2D eigenvalue weighted by Gasteiger charge is 2.26. The number of nitrogens with zero attached hydrogens (tertiary/aromatic N) is 1. The molecule has 0 saturated carbocycles. The Morgan fingerprint density at radius 1 is 1.26 bits per heavy atom. The number of unbranched alkanes of at least 4 members (excludes halogenated alkanes) is 3. The molecule has 0 bridgehead atoms. The van der Waals surface area contributed by atoms with Gasteiger partial charge in [-0.15, -0.1) is 0 Å². The molecule has 0 spiro atoms. The topological polar surface area (TPSA) is 29.5 Å². The molecule has 1 amide bonds. The standard InChI is InChI=1S/C16H31NO2/c1-4-6-7-8-12-15(5-2)19-16(18)17-13-10-9-11-14(17)3/h14-15H,4-13H2,1-3H3. The molecule has 1 rings (SSSR count). The molecular weight excluding hydrogens is 238 g/mol. The highest BCUT2D eigenvalue weighted by molar-refractivity contribution is 5.68. The fourth-order valence-corrected chi connectivity index (χ4v) is 2.72. The molecule has 0 aromatic rings. The Hall–Kier alpha value is -0.730. The van der Waals surface area contributed by atoms with Crippen molar-refractivity contribution < 1.29 is 9.53 Å². The summed E-state index contributed by atoms with van der Waals surface area (Å²) in [6, 6.07) is 0.346. The summed E-state index contributed by atoms with van der Waals surface area (Å²) in [4.78, 5) is 14.1. The van der Waals surface area contributed by atoms with Gasteiger partial charge >= 0.3 is 6.09 Å². The van der Waals surface area contributed by atoms with Gasteiger partial charge in [0.2, 0.25) is 0 Å². The van der Waals surface area contributed by atoms with Crippen LogP contribution in [0.2, 0.25) is 0 Å². The summed E-state index contributed by atoms with van der Waals surface area (Å²) in [5.41, 5.74) is 0. The SMILES string of the molecule is CCCCCCC(CC)OC(=O)N1CCCCC1C. The van der Waals surface area contributed by atoms with Gasteiger partial charge in [0, 0.05) is 12.6 Å². The lowest BCUT2D eigenvalue weighted by Crippen LogP contribution is -2.43. The minimum absolute atomic E-state index is 0.0884. The zero-order chi connectivity index (χ0) is 14.1. The highest BCUT2D eigenvalue weighted by Crippen LogP contribution is 2.19. The monoisotopic (exact) mass is 269 g/mol. The summed E-state index contributed by atoms with van der Waals surface area (Å²) in [6.45, 7) is 7.32. The van der Waals surface area contributed by atoms with Crippen LogP contribution in [0.1, 0.15) is 78.6 Å². The quantitative estimate of drug-likeness (QED) is 0.624. The molecule has 3 nitrogen and oxygen atoms in total. The molecule has 2 atom stereocenters. The lowest BCUT2D eigenvalue weighted by Gasteiger charge is -2.33. The maximum Gasteiger partial charge on any atom is 0.410 e. The van der Waals surface area contributed by atoms with Crippen LogP contribution in [0, 0.1) is 0 Å². The van der Waals surface area contributed by atoms with Crippen LogP contribution < -0.4 is 0 Å². The number of piperidine rings is 1. The van der Waals surface area contributed by atoms with Gasteiger partial charge in [-0.3, -0.25) is 0 Å². The van der Waals surface area contributed by atoms with Crippen molar-refractivity contribution in [2.45, 2.75) is 90.7 Å². The summed E-state index contributed by atoms with van der Waals surface area (Å²) in [5.74, 6) is 0. The number of likely N-dealkylation sites (tertiary alicyclic amines) is 1. The first-order chi connectivity index (χ1) is 9.19. The Morgan fingerprint density at radius 3 is 2.68 bits per heavy atom. The molecular formula is C16H31NO2. The van der Waals surface area contributed by atoms with Gasteiger partial charge in [-0.25, -0.2) is 4.79 Å². The molecule has 112 valence electrons. The molecule has 0 radical (unpaired) electrons. The normalized spacial score (nSPS) is 21.2. The van der Waals surface area contributed by atoms with Gasteiger partial charge < -0.3 is 9.64 Å². The number of hydrogen-bond donors (Lipinski definition) is 0. The van der Waals surface area contributed by atoms with Crippen molar-refractivity contribution >= 4 is 6.09 Å². The molecule has 19 heavy (non-hydrogen) atoms. The van der Waals surface area contributed by atoms with Gasteiger partial charge in [0.15, 0.2) is 0 Å². The van der Waals surface area contributed by atoms with Crippen LogP contribution in [-0.4, -0.2) is 29.7 Å². The molecule has 1 saturated heterocycles. The van der Waals surface area contributed by atoms with Gasteiger partial charge in [0.05, 0.1) is 0 Å². The van der Waals surface area contributed by atoms with E-state index < -0.39 is 0 Å². The lowest BCUT2D eigenvalue weighted by atomic mass is 10.0. The first-order valence-electron chi connectivity index (χ1n) is 8.16. The summed E-state index contributed by atoms with van der Waals surface area (Å²) in [6.07, 6.45) is 10.4. The number of ether oxygens (including phenoxy) is 1. The van der Waals surface area contributed by atoms with E-state index in [0.717, 1.165) is 32.2 Å². The molecule has 0 aromatic heterocycles. The van der Waals surface area contributed by atoms with Gasteiger partial charge in [-0.2, -0.15) is 0 Å². The molecule has 0 aromatic carbocycles. The Bertz CT molecular complexity index is 255. The van der Waals surface area contributed by atoms with E-state index in [4.69, 9.17) is 4.74 Å². The molecule has 1 aliphatic rings. The summed E-state index contributed by atoms with van der Waals surface area (Å²) < 4.78 is 5.68. The molecule has 1 fully saturated rings. The molecule has 0 aliphatic carbocycles. The molecule has 3 heteroatoms. The smallest absolute Gasteiger partial charge is 0.410 e. The van der Waals surface area contributed by atoms with E-state index in [-0.39, 0.29) is 12.2 Å². The van der Waals surface area contributed by atoms with Crippen LogP contribution in [0.4, 0.5) is 4.79 Å². The Morgan fingerprint density at radius 2 is 2.05 bits per heavy atom. The maximum atomic E-state index is 12.2. The second-order valence-electron chi connectivity index (χ2n) is 5.80. The largest absolute Gasteiger partial charge is 0.446 e. The number of rotatable bonds is 7. The van der Waals surface area contributed by atoms with Crippen LogP contribution in [0.5, 0.6) is 0 Å². The molecule has 1 heterocycles. The zero-order valence-corrected chi connectivity index (χ0v) is 13.0. The van der Waals surface area contributed by atoms with E-state index in [1.165, 1.54) is 32.1 Å². The predicted octanol–water partition coefficient (Wildman–Crippen LogP) is 4.75. The van der Waals surface area contributed by atoms with E-state index in [1.807, 2.05) is 4.90 Å². The minimum atomic E-state index is -0.0884. The van der Waals surface area contributed by atoms with Crippen LogP contribution in [0.25, 0.3) is 0 Å². The Labute approximate surface area is 118 Å². The third-order valence-corrected chi connectivity index (χ3v) is 4.14. The Kier molecular flexibility index (Phi) is 7.92. The van der Waals surface area contributed by atoms with E-state index in [2.05, 4.69) is 20.8 Å². The summed E-state index contributed by atoms with van der Waals surface area (Å²) in [5, 5.41) is 0. The number of hydrogen-bond acceptors (Lipinski definition) is 2. The first kappa shape index (κ1) is 16.3. The average molecular weight is 269 g/mol. The Balaban J connectivity index is 2.30. The molecule has 1 aliphatic heterocycles. The van der Waals surface area contributed by atoms with Crippen LogP contribution in [-0.2, 0) is 4.74 Å². The van der Waals surface area contributed by atoms with Gasteiger partial charge in [0.25, 0.3) is 0 Å². The van der Waals surface area contributed by atoms with Crippen molar-refractivity contribution in [3.63, 3.8) is 0 Å². The summed E-state index contributed by atoms with van der Waals surface area (Å²) >= 11 is 0. The third-order valence-electron chi connectivity index (χ3n) is 4.14. The second-order valence-corrected chi connectivity index (χ2v) is 5.80. The van der Waals surface area contributed by atoms with Crippen LogP contribution in [0.15, 0.2) is 0 Å². The highest BCUT2D eigenvalue weighted by atomic mass is 16.6. The fraction of sp³-hybridized carbons (Fsp3) is 0.938. The second kappa shape index (κ2) is 9.22. The van der Waals surface area contributed by atoms with Crippen LogP contribution in [0.3, 0.4) is 0 Å². The van der Waals surface area contributed by atoms with Crippen molar-refractivity contribution in [2.75, 3.05) is 6.54 Å². The van der Waals surface area contributed by atoms with E-state index in [1.54, 1.807) is 0 Å². The van der Waals surface area contributed by atoms with E-state index in [9.17, 15) is 4.79 Å². The molecule has 0 N–H and O–H groups in total. The number of amides is 1. The predicted molar refractivity (Wildman–Crippen MR) is 79.3 cm³/mol. The van der Waals surface area contributed by atoms with Crippen molar-refractivity contribution in [3.05, 3.63) is 0 Å². The van der Waals surface area contributed by atoms with Crippen molar-refractivity contribution in [1.82, 2.24) is 4.90 Å². The van der Waals surface area contributed by atoms with Crippen molar-refractivity contribution in [1.29, 1.82) is 0 Å². The minimum Gasteiger partial charge on any atom is -0.446 e. The first-order valence-corrected chi connectivity index (χ1v) is 8.16. The van der Waals surface area contributed by atoms with Gasteiger partial charge in [-0.05, 0) is 45.4 Å². The number of carbonyl (C=O) groups excluding carboxylic acids is 1. The average Bonchev–Trinajstić information content (AvgIpc) is 2.42.